The third-order valence-corrected chi connectivity index (χ3v) is 3.57. The molecule has 0 fully saturated rings. The van der Waals surface area contributed by atoms with E-state index in [0.717, 1.165) is 22.6 Å². The Morgan fingerprint density at radius 2 is 2.26 bits per heavy atom. The molecule has 2 heterocycles. The summed E-state index contributed by atoms with van der Waals surface area (Å²) in [6.07, 6.45) is 1.74. The Kier molecular flexibility index (Phi) is 3.96. The van der Waals surface area contributed by atoms with Gasteiger partial charge in [0.15, 0.2) is 0 Å². The monoisotopic (exact) mass is 279 g/mol. The smallest absolute Gasteiger partial charge is 0.324 e. The summed E-state index contributed by atoms with van der Waals surface area (Å²) in [5.74, 6) is 0. The van der Waals surface area contributed by atoms with Crippen molar-refractivity contribution in [1.82, 2.24) is 4.57 Å². The number of nitrogens with zero attached hydrogens (tertiary/aromatic N) is 2. The van der Waals surface area contributed by atoms with E-state index in [1.807, 2.05) is 6.92 Å². The topological polar surface area (TPSA) is 77.2 Å². The summed E-state index contributed by atoms with van der Waals surface area (Å²) in [6.45, 7) is 3.00. The molecule has 0 saturated heterocycles. The van der Waals surface area contributed by atoms with Crippen LogP contribution in [0, 0.1) is 10.1 Å². The summed E-state index contributed by atoms with van der Waals surface area (Å²) >= 11 is 1.11. The van der Waals surface area contributed by atoms with Crippen molar-refractivity contribution < 1.29 is 4.92 Å². The van der Waals surface area contributed by atoms with Crippen LogP contribution in [0.1, 0.15) is 12.5 Å². The highest BCUT2D eigenvalue weighted by Gasteiger charge is 2.09. The number of nitro groups is 1. The lowest BCUT2D eigenvalue weighted by molar-refractivity contribution is -0.380. The largest absolute Gasteiger partial charge is 0.380 e. The van der Waals surface area contributed by atoms with Gasteiger partial charge in [0.1, 0.15) is 0 Å². The molecule has 2 aromatic heterocycles. The van der Waals surface area contributed by atoms with Gasteiger partial charge in [-0.1, -0.05) is 11.3 Å². The average Bonchev–Trinajstić information content (AvgIpc) is 2.87. The fraction of sp³-hybridized carbons (Fsp3) is 0.250. The average molecular weight is 279 g/mol. The van der Waals surface area contributed by atoms with Gasteiger partial charge in [-0.25, -0.2) is 0 Å². The molecule has 0 saturated carbocycles. The maximum Gasteiger partial charge on any atom is 0.324 e. The van der Waals surface area contributed by atoms with Crippen molar-refractivity contribution in [2.75, 3.05) is 5.32 Å². The summed E-state index contributed by atoms with van der Waals surface area (Å²) < 4.78 is 1.60. The van der Waals surface area contributed by atoms with Gasteiger partial charge in [0, 0.05) is 36.8 Å². The number of anilines is 1. The van der Waals surface area contributed by atoms with Crippen LogP contribution < -0.4 is 10.9 Å². The molecular weight excluding hydrogens is 266 g/mol. The van der Waals surface area contributed by atoms with E-state index in [1.165, 1.54) is 6.07 Å². The molecule has 100 valence electrons. The van der Waals surface area contributed by atoms with Gasteiger partial charge in [0.05, 0.1) is 10.6 Å². The number of rotatable bonds is 5. The third-order valence-electron chi connectivity index (χ3n) is 2.64. The van der Waals surface area contributed by atoms with E-state index in [-0.39, 0.29) is 10.6 Å². The Hall–Kier alpha value is -2.15. The second kappa shape index (κ2) is 5.66. The quantitative estimate of drug-likeness (QED) is 0.673. The van der Waals surface area contributed by atoms with Gasteiger partial charge in [-0.15, -0.1) is 0 Å². The fourth-order valence-corrected chi connectivity index (χ4v) is 2.37. The minimum Gasteiger partial charge on any atom is -0.380 e. The fourth-order valence-electron chi connectivity index (χ4n) is 1.64. The van der Waals surface area contributed by atoms with E-state index in [4.69, 9.17) is 0 Å². The van der Waals surface area contributed by atoms with Crippen LogP contribution in [0.25, 0.3) is 0 Å². The molecule has 0 spiro atoms. The van der Waals surface area contributed by atoms with Crippen LogP contribution in [-0.4, -0.2) is 9.49 Å². The van der Waals surface area contributed by atoms with Crippen molar-refractivity contribution in [2.24, 2.45) is 0 Å². The highest BCUT2D eigenvalue weighted by Crippen LogP contribution is 2.23. The zero-order valence-electron chi connectivity index (χ0n) is 10.3. The van der Waals surface area contributed by atoms with Crippen molar-refractivity contribution >= 4 is 22.0 Å². The minimum atomic E-state index is -0.397. The lowest BCUT2D eigenvalue weighted by Crippen LogP contribution is -2.17. The van der Waals surface area contributed by atoms with E-state index in [2.05, 4.69) is 5.32 Å². The Balaban J connectivity index is 2.05. The van der Waals surface area contributed by atoms with Crippen LogP contribution >= 0.6 is 11.3 Å². The molecule has 0 aliphatic rings. The van der Waals surface area contributed by atoms with Gasteiger partial charge >= 0.3 is 5.00 Å². The molecule has 0 unspecified atom stereocenters. The Bertz CT molecular complexity index is 648. The maximum atomic E-state index is 11.4. The zero-order chi connectivity index (χ0) is 13.8. The number of nitrogens with one attached hydrogen (secondary N) is 1. The summed E-state index contributed by atoms with van der Waals surface area (Å²) in [6, 6.07) is 4.75. The van der Waals surface area contributed by atoms with Gasteiger partial charge in [-0.05, 0) is 18.6 Å². The van der Waals surface area contributed by atoms with Crippen LogP contribution in [-0.2, 0) is 13.1 Å². The van der Waals surface area contributed by atoms with Crippen LogP contribution in [0.3, 0.4) is 0 Å². The summed E-state index contributed by atoms with van der Waals surface area (Å²) in [4.78, 5) is 21.6. The Morgan fingerprint density at radius 1 is 1.47 bits per heavy atom. The molecule has 0 atom stereocenters. The van der Waals surface area contributed by atoms with Gasteiger partial charge < -0.3 is 9.88 Å². The first-order chi connectivity index (χ1) is 9.10. The number of hydrogen-bond donors (Lipinski definition) is 1. The first-order valence-corrected chi connectivity index (χ1v) is 6.64. The molecule has 0 radical (unpaired) electrons. The highest BCUT2D eigenvalue weighted by atomic mass is 32.1. The second-order valence-corrected chi connectivity index (χ2v) is 4.84. The zero-order valence-corrected chi connectivity index (χ0v) is 11.1. The SMILES string of the molecule is CCn1cc(NCc2csc([N+](=O)[O-])c2)ccc1=O. The number of aromatic nitrogens is 1. The van der Waals surface area contributed by atoms with Crippen molar-refractivity contribution in [3.8, 4) is 0 Å². The molecule has 1 N–H and O–H groups in total. The van der Waals surface area contributed by atoms with Crippen LogP contribution in [0.2, 0.25) is 0 Å². The van der Waals surface area contributed by atoms with Gasteiger partial charge in [0.25, 0.3) is 5.56 Å². The van der Waals surface area contributed by atoms with Crippen LogP contribution in [0.5, 0.6) is 0 Å². The summed E-state index contributed by atoms with van der Waals surface area (Å²) in [5.41, 5.74) is 1.63. The van der Waals surface area contributed by atoms with Crippen molar-refractivity contribution in [2.45, 2.75) is 20.0 Å². The van der Waals surface area contributed by atoms with Gasteiger partial charge in [-0.3, -0.25) is 14.9 Å². The molecule has 0 aliphatic heterocycles. The van der Waals surface area contributed by atoms with Gasteiger partial charge in [0.2, 0.25) is 0 Å². The molecule has 0 aliphatic carbocycles. The maximum absolute atomic E-state index is 11.4. The first-order valence-electron chi connectivity index (χ1n) is 5.76. The molecule has 0 aromatic carbocycles. The summed E-state index contributed by atoms with van der Waals surface area (Å²) in [7, 11) is 0. The van der Waals surface area contributed by atoms with Crippen molar-refractivity contribution in [3.05, 3.63) is 55.8 Å². The number of aryl methyl sites for hydroxylation is 1. The van der Waals surface area contributed by atoms with E-state index in [0.29, 0.717) is 13.1 Å². The molecule has 0 amide bonds. The second-order valence-electron chi connectivity index (χ2n) is 3.95. The molecule has 0 bridgehead atoms. The van der Waals surface area contributed by atoms with Gasteiger partial charge in [-0.2, -0.15) is 0 Å². The van der Waals surface area contributed by atoms with Crippen molar-refractivity contribution in [1.29, 1.82) is 0 Å². The minimum absolute atomic E-state index is 0.0424. The van der Waals surface area contributed by atoms with E-state index < -0.39 is 4.92 Å². The number of hydrogen-bond acceptors (Lipinski definition) is 5. The molecule has 19 heavy (non-hydrogen) atoms. The first kappa shape index (κ1) is 13.3. The van der Waals surface area contributed by atoms with E-state index >= 15 is 0 Å². The normalized spacial score (nSPS) is 10.4. The van der Waals surface area contributed by atoms with E-state index in [9.17, 15) is 14.9 Å². The lowest BCUT2D eigenvalue weighted by Gasteiger charge is -2.07. The molecule has 2 aromatic rings. The van der Waals surface area contributed by atoms with Crippen molar-refractivity contribution in [3.63, 3.8) is 0 Å². The molecule has 7 heteroatoms. The Labute approximate surface area is 113 Å². The van der Waals surface area contributed by atoms with Crippen LogP contribution in [0.4, 0.5) is 10.7 Å². The standard InChI is InChI=1S/C12H13N3O3S/c1-2-14-7-10(3-4-11(14)16)13-6-9-5-12(15(17)18)19-8-9/h3-5,7-8,13H,2,6H2,1H3. The predicted molar refractivity (Wildman–Crippen MR) is 74.7 cm³/mol. The molecular formula is C12H13N3O3S. The third kappa shape index (κ3) is 3.19. The highest BCUT2D eigenvalue weighted by molar-refractivity contribution is 7.13. The summed E-state index contributed by atoms with van der Waals surface area (Å²) in [5, 5.41) is 15.6. The number of thiophene rings is 1. The molecule has 2 rings (SSSR count). The lowest BCUT2D eigenvalue weighted by atomic mass is 10.3. The predicted octanol–water partition coefficient (Wildman–Crippen LogP) is 2.45. The number of pyridine rings is 1. The Morgan fingerprint density at radius 3 is 2.89 bits per heavy atom. The van der Waals surface area contributed by atoms with Crippen LogP contribution in [0.15, 0.2) is 34.6 Å². The van der Waals surface area contributed by atoms with E-state index in [1.54, 1.807) is 28.3 Å². The molecule has 6 nitrogen and oxygen atoms in total.